The highest BCUT2D eigenvalue weighted by Gasteiger charge is 2.55. The van der Waals surface area contributed by atoms with E-state index in [-0.39, 0.29) is 24.6 Å². The zero-order valence-electron chi connectivity index (χ0n) is 33.1. The van der Waals surface area contributed by atoms with E-state index in [1.165, 1.54) is 56.9 Å². The van der Waals surface area contributed by atoms with Crippen molar-refractivity contribution in [3.05, 3.63) is 23.3 Å². The molecule has 1 N–H and O–H groups in total. The SMILES string of the molecule is CC(C)CCC[C@@H](C)[C@H]1CCC2[C@@H]3CC=C4C[C@@H](OC(=O)NCCOCCOCCOCCOCCC(=O)OC(C)(C)C)CC=C4[C@H]3CC[C@@]21C. The molecule has 1 amide bonds. The summed E-state index contributed by atoms with van der Waals surface area (Å²) in [5, 5.41) is 2.84. The van der Waals surface area contributed by atoms with Crippen LogP contribution in [0.2, 0.25) is 0 Å². The second-order valence-corrected chi connectivity index (χ2v) is 17.2. The number of esters is 1. The molecule has 7 atom stereocenters. The zero-order chi connectivity index (χ0) is 36.9. The highest BCUT2D eigenvalue weighted by Crippen LogP contribution is 2.64. The summed E-state index contributed by atoms with van der Waals surface area (Å²) in [6.45, 7) is 19.2. The van der Waals surface area contributed by atoms with Gasteiger partial charge in [0.05, 0.1) is 59.3 Å². The smallest absolute Gasteiger partial charge is 0.407 e. The molecule has 4 aliphatic carbocycles. The first kappa shape index (κ1) is 41.8. The second-order valence-electron chi connectivity index (χ2n) is 17.2. The van der Waals surface area contributed by atoms with Crippen LogP contribution in [0, 0.1) is 40.9 Å². The van der Waals surface area contributed by atoms with E-state index in [2.05, 4.69) is 45.2 Å². The van der Waals surface area contributed by atoms with Crippen LogP contribution in [-0.2, 0) is 33.2 Å². The Balaban J connectivity index is 1.02. The molecule has 4 aliphatic rings. The Morgan fingerprint density at radius 3 is 2.20 bits per heavy atom. The van der Waals surface area contributed by atoms with Crippen LogP contribution < -0.4 is 5.32 Å². The van der Waals surface area contributed by atoms with Crippen LogP contribution in [-0.4, -0.2) is 83.2 Å². The number of alkyl carbamates (subject to hydrolysis) is 1. The molecule has 292 valence electrons. The van der Waals surface area contributed by atoms with E-state index in [1.807, 2.05) is 20.8 Å². The van der Waals surface area contributed by atoms with Crippen molar-refractivity contribution in [2.75, 3.05) is 59.4 Å². The molecule has 0 aliphatic heterocycles. The summed E-state index contributed by atoms with van der Waals surface area (Å²) in [6.07, 6.45) is 17.1. The maximum atomic E-state index is 12.5. The lowest BCUT2D eigenvalue weighted by atomic mass is 9.52. The first-order chi connectivity index (χ1) is 24.4. The Morgan fingerprint density at radius 2 is 1.53 bits per heavy atom. The van der Waals surface area contributed by atoms with E-state index in [0.717, 1.165) is 42.4 Å². The number of fused-ring (bicyclic) bond motifs is 5. The first-order valence-corrected chi connectivity index (χ1v) is 20.2. The summed E-state index contributed by atoms with van der Waals surface area (Å²) < 4.78 is 33.1. The molecule has 0 saturated heterocycles. The molecule has 9 heteroatoms. The lowest BCUT2D eigenvalue weighted by molar-refractivity contribution is -0.156. The van der Waals surface area contributed by atoms with Gasteiger partial charge in [0.2, 0.25) is 0 Å². The van der Waals surface area contributed by atoms with Gasteiger partial charge in [0.1, 0.15) is 11.7 Å². The highest BCUT2D eigenvalue weighted by atomic mass is 16.6. The fourth-order valence-corrected chi connectivity index (χ4v) is 9.55. The minimum absolute atomic E-state index is 0.103. The van der Waals surface area contributed by atoms with Crippen molar-refractivity contribution in [3.63, 3.8) is 0 Å². The maximum absolute atomic E-state index is 12.5. The van der Waals surface area contributed by atoms with Crippen molar-refractivity contribution >= 4 is 12.1 Å². The Morgan fingerprint density at radius 1 is 0.863 bits per heavy atom. The number of carbonyl (C=O) groups excluding carboxylic acids is 2. The van der Waals surface area contributed by atoms with Gasteiger partial charge in [-0.2, -0.15) is 0 Å². The largest absolute Gasteiger partial charge is 0.460 e. The second kappa shape index (κ2) is 20.5. The van der Waals surface area contributed by atoms with E-state index < -0.39 is 5.60 Å². The van der Waals surface area contributed by atoms with E-state index in [1.54, 1.807) is 5.57 Å². The molecule has 0 aromatic heterocycles. The molecular formula is C42H71NO8. The third-order valence-electron chi connectivity index (χ3n) is 11.9. The average molecular weight is 718 g/mol. The van der Waals surface area contributed by atoms with Gasteiger partial charge in [-0.15, -0.1) is 0 Å². The molecule has 0 heterocycles. The van der Waals surface area contributed by atoms with Gasteiger partial charge in [-0.25, -0.2) is 4.79 Å². The number of rotatable bonds is 21. The summed E-state index contributed by atoms with van der Waals surface area (Å²) in [5.41, 5.74) is 3.02. The third-order valence-corrected chi connectivity index (χ3v) is 11.9. The number of ether oxygens (including phenoxy) is 6. The van der Waals surface area contributed by atoms with Crippen molar-refractivity contribution in [2.24, 2.45) is 40.9 Å². The lowest BCUT2D eigenvalue weighted by Crippen LogP contribution is -2.44. The summed E-state index contributed by atoms with van der Waals surface area (Å²) in [7, 11) is 0. The predicted octanol–water partition coefficient (Wildman–Crippen LogP) is 8.45. The monoisotopic (exact) mass is 718 g/mol. The number of carbonyl (C=O) groups is 2. The Kier molecular flexibility index (Phi) is 16.8. The number of hydrogen-bond acceptors (Lipinski definition) is 8. The van der Waals surface area contributed by atoms with Crippen LogP contribution >= 0.6 is 0 Å². The molecule has 2 saturated carbocycles. The molecule has 0 radical (unpaired) electrons. The van der Waals surface area contributed by atoms with E-state index in [9.17, 15) is 9.59 Å². The molecule has 0 spiro atoms. The normalized spacial score (nSPS) is 27.9. The van der Waals surface area contributed by atoms with Gasteiger partial charge in [-0.1, -0.05) is 59.1 Å². The molecule has 2 fully saturated rings. The van der Waals surface area contributed by atoms with Crippen LogP contribution in [0.3, 0.4) is 0 Å². The molecule has 0 aromatic rings. The standard InChI is InChI=1S/C42H71NO8/c1-30(2)9-8-10-31(3)37-15-16-38-36-13-11-32-29-33(12-14-34(32)35(36)17-19-42(37,38)7)50-40(45)43-20-22-47-24-26-49-28-27-48-25-23-46-21-18-39(44)51-41(4,5)6/h11,14,30-31,33,35-38H,8-10,12-13,15-29H2,1-7H3,(H,43,45)/t31-,33+,35-,36-,37-,38?,42-/m1/s1. The number of nitrogens with one attached hydrogen (secondary N) is 1. The van der Waals surface area contributed by atoms with Gasteiger partial charge in [-0.05, 0) is 105 Å². The fraction of sp³-hybridized carbons (Fsp3) is 0.857. The maximum Gasteiger partial charge on any atom is 0.407 e. The number of allylic oxidation sites excluding steroid dienone is 2. The molecule has 51 heavy (non-hydrogen) atoms. The van der Waals surface area contributed by atoms with Gasteiger partial charge in [-0.3, -0.25) is 4.79 Å². The van der Waals surface area contributed by atoms with Crippen molar-refractivity contribution < 1.29 is 38.0 Å². The van der Waals surface area contributed by atoms with Gasteiger partial charge < -0.3 is 33.7 Å². The van der Waals surface area contributed by atoms with E-state index in [0.29, 0.717) is 70.7 Å². The highest BCUT2D eigenvalue weighted by molar-refractivity contribution is 5.69. The van der Waals surface area contributed by atoms with Gasteiger partial charge in [0.25, 0.3) is 0 Å². The molecule has 4 rings (SSSR count). The molecule has 0 bridgehead atoms. The summed E-state index contributed by atoms with van der Waals surface area (Å²) in [4.78, 5) is 24.2. The fourth-order valence-electron chi connectivity index (χ4n) is 9.55. The molecule has 0 aromatic carbocycles. The number of hydrogen-bond donors (Lipinski definition) is 1. The van der Waals surface area contributed by atoms with Crippen molar-refractivity contribution in [3.8, 4) is 0 Å². The molecule has 9 nitrogen and oxygen atoms in total. The molecular weight excluding hydrogens is 646 g/mol. The third kappa shape index (κ3) is 13.1. The van der Waals surface area contributed by atoms with Gasteiger partial charge in [0, 0.05) is 19.4 Å². The predicted molar refractivity (Wildman–Crippen MR) is 200 cm³/mol. The summed E-state index contributed by atoms with van der Waals surface area (Å²) in [6, 6.07) is 0. The van der Waals surface area contributed by atoms with Gasteiger partial charge in [0.15, 0.2) is 0 Å². The van der Waals surface area contributed by atoms with Crippen LogP contribution in [0.25, 0.3) is 0 Å². The minimum atomic E-state index is -0.477. The van der Waals surface area contributed by atoms with Crippen molar-refractivity contribution in [1.82, 2.24) is 5.32 Å². The minimum Gasteiger partial charge on any atom is -0.460 e. The zero-order valence-corrected chi connectivity index (χ0v) is 33.1. The van der Waals surface area contributed by atoms with Crippen molar-refractivity contribution in [1.29, 1.82) is 0 Å². The Labute approximate surface area is 309 Å². The van der Waals surface area contributed by atoms with Crippen LogP contribution in [0.1, 0.15) is 119 Å². The van der Waals surface area contributed by atoms with E-state index in [4.69, 9.17) is 28.4 Å². The van der Waals surface area contributed by atoms with Gasteiger partial charge >= 0.3 is 12.1 Å². The van der Waals surface area contributed by atoms with E-state index >= 15 is 0 Å². The average Bonchev–Trinajstić information content (AvgIpc) is 3.42. The quantitative estimate of drug-likeness (QED) is 0.0933. The first-order valence-electron chi connectivity index (χ1n) is 20.2. The number of amides is 1. The summed E-state index contributed by atoms with van der Waals surface area (Å²) >= 11 is 0. The summed E-state index contributed by atoms with van der Waals surface area (Å²) in [5.74, 6) is 4.57. The van der Waals surface area contributed by atoms with Crippen molar-refractivity contribution in [2.45, 2.75) is 131 Å². The van der Waals surface area contributed by atoms with Crippen LogP contribution in [0.4, 0.5) is 4.79 Å². The molecule has 1 unspecified atom stereocenters. The van der Waals surface area contributed by atoms with Crippen LogP contribution in [0.5, 0.6) is 0 Å². The topological polar surface area (TPSA) is 102 Å². The Bertz CT molecular complexity index is 1140. The Hall–Kier alpha value is -1.94. The lowest BCUT2D eigenvalue weighted by Gasteiger charge is -2.52. The van der Waals surface area contributed by atoms with Crippen LogP contribution in [0.15, 0.2) is 23.3 Å².